The summed E-state index contributed by atoms with van der Waals surface area (Å²) in [6, 6.07) is 13.1. The van der Waals surface area contributed by atoms with E-state index in [0.29, 0.717) is 28.2 Å². The number of hydrogen-bond donors (Lipinski definition) is 1. The highest BCUT2D eigenvalue weighted by Crippen LogP contribution is 2.34. The number of benzene rings is 1. The maximum Gasteiger partial charge on any atom is 0.433 e. The SMILES string of the molecule is Cc1c(C(=O)NC(C)c2ccc(OCc3cccnc3)cc2)sc2nc(C(F)(F)F)ccc12. The van der Waals surface area contributed by atoms with Gasteiger partial charge in [0.15, 0.2) is 0 Å². The summed E-state index contributed by atoms with van der Waals surface area (Å²) in [4.78, 5) is 21.1. The molecule has 4 rings (SSSR count). The lowest BCUT2D eigenvalue weighted by molar-refractivity contribution is -0.140. The monoisotopic (exact) mass is 471 g/mol. The predicted molar refractivity (Wildman–Crippen MR) is 120 cm³/mol. The number of ether oxygens (including phenoxy) is 1. The number of fused-ring (bicyclic) bond motifs is 1. The number of pyridine rings is 2. The smallest absolute Gasteiger partial charge is 0.433 e. The third-order valence-electron chi connectivity index (χ3n) is 5.16. The summed E-state index contributed by atoms with van der Waals surface area (Å²) >= 11 is 0.958. The average Bonchev–Trinajstić information content (AvgIpc) is 3.14. The number of aryl methyl sites for hydroxylation is 1. The van der Waals surface area contributed by atoms with E-state index in [2.05, 4.69) is 15.3 Å². The minimum atomic E-state index is -4.53. The Morgan fingerprint density at radius 1 is 1.15 bits per heavy atom. The quantitative estimate of drug-likeness (QED) is 0.370. The molecule has 5 nitrogen and oxygen atoms in total. The first-order valence-corrected chi connectivity index (χ1v) is 10.9. The molecule has 0 saturated heterocycles. The Morgan fingerprint density at radius 3 is 2.58 bits per heavy atom. The molecule has 9 heteroatoms. The van der Waals surface area contributed by atoms with Crippen molar-refractivity contribution in [3.8, 4) is 5.75 Å². The zero-order valence-corrected chi connectivity index (χ0v) is 18.6. The van der Waals surface area contributed by atoms with E-state index in [1.54, 1.807) is 19.3 Å². The van der Waals surface area contributed by atoms with Gasteiger partial charge in [0.05, 0.1) is 10.9 Å². The summed E-state index contributed by atoms with van der Waals surface area (Å²) in [6.07, 6.45) is -1.09. The van der Waals surface area contributed by atoms with Crippen molar-refractivity contribution in [2.45, 2.75) is 32.7 Å². The van der Waals surface area contributed by atoms with Crippen LogP contribution in [-0.2, 0) is 12.8 Å². The van der Waals surface area contributed by atoms with Crippen molar-refractivity contribution in [1.82, 2.24) is 15.3 Å². The van der Waals surface area contributed by atoms with Crippen molar-refractivity contribution in [3.63, 3.8) is 0 Å². The standard InChI is InChI=1S/C24H20F3N3O2S/c1-14-19-9-10-20(24(25,26)27)30-23(19)33-21(14)22(31)29-15(2)17-5-7-18(8-6-17)32-13-16-4-3-11-28-12-16/h3-12,15H,13H2,1-2H3,(H,29,31). The van der Waals surface area contributed by atoms with Gasteiger partial charge in [-0.05, 0) is 55.3 Å². The number of carbonyl (C=O) groups is 1. The zero-order valence-electron chi connectivity index (χ0n) is 17.8. The first-order chi connectivity index (χ1) is 15.7. The van der Waals surface area contributed by atoms with Gasteiger partial charge < -0.3 is 10.1 Å². The van der Waals surface area contributed by atoms with Crippen molar-refractivity contribution in [3.05, 3.63) is 88.2 Å². The van der Waals surface area contributed by atoms with Gasteiger partial charge in [0.1, 0.15) is 22.9 Å². The molecule has 4 aromatic rings. The molecule has 1 atom stereocenters. The molecule has 0 bridgehead atoms. The van der Waals surface area contributed by atoms with E-state index >= 15 is 0 Å². The van der Waals surface area contributed by atoms with Crippen LogP contribution in [0.1, 0.15) is 45.0 Å². The molecule has 1 N–H and O–H groups in total. The van der Waals surface area contributed by atoms with Gasteiger partial charge in [-0.2, -0.15) is 13.2 Å². The van der Waals surface area contributed by atoms with Crippen LogP contribution in [0.4, 0.5) is 13.2 Å². The summed E-state index contributed by atoms with van der Waals surface area (Å²) in [6.45, 7) is 3.95. The number of aromatic nitrogens is 2. The van der Waals surface area contributed by atoms with E-state index in [1.807, 2.05) is 43.3 Å². The third-order valence-corrected chi connectivity index (χ3v) is 6.36. The molecule has 170 valence electrons. The van der Waals surface area contributed by atoms with Gasteiger partial charge in [0.2, 0.25) is 0 Å². The van der Waals surface area contributed by atoms with Crippen LogP contribution in [0.2, 0.25) is 0 Å². The number of carbonyl (C=O) groups excluding carboxylic acids is 1. The maximum absolute atomic E-state index is 13.0. The van der Waals surface area contributed by atoms with Gasteiger partial charge >= 0.3 is 6.18 Å². The van der Waals surface area contributed by atoms with Gasteiger partial charge in [0.25, 0.3) is 5.91 Å². The van der Waals surface area contributed by atoms with Gasteiger partial charge in [-0.25, -0.2) is 4.98 Å². The molecule has 0 aliphatic carbocycles. The molecule has 0 fully saturated rings. The van der Waals surface area contributed by atoms with Crippen LogP contribution in [0.5, 0.6) is 5.75 Å². The van der Waals surface area contributed by atoms with Crippen molar-refractivity contribution < 1.29 is 22.7 Å². The van der Waals surface area contributed by atoms with E-state index in [9.17, 15) is 18.0 Å². The highest BCUT2D eigenvalue weighted by molar-refractivity contribution is 7.20. The molecule has 0 saturated carbocycles. The Hall–Kier alpha value is -3.46. The van der Waals surface area contributed by atoms with Crippen molar-refractivity contribution in [2.24, 2.45) is 0 Å². The molecule has 3 aromatic heterocycles. The Bertz CT molecular complexity index is 1270. The first-order valence-electron chi connectivity index (χ1n) is 10.1. The number of halogens is 3. The molecule has 0 aliphatic rings. The number of rotatable bonds is 6. The molecule has 33 heavy (non-hydrogen) atoms. The molecule has 0 radical (unpaired) electrons. The molecule has 1 unspecified atom stereocenters. The van der Waals surface area contributed by atoms with Gasteiger partial charge in [0, 0.05) is 23.3 Å². The van der Waals surface area contributed by atoms with E-state index in [-0.39, 0.29) is 16.8 Å². The minimum Gasteiger partial charge on any atom is -0.489 e. The number of alkyl halides is 3. The number of thiophene rings is 1. The van der Waals surface area contributed by atoms with Gasteiger partial charge in [-0.15, -0.1) is 11.3 Å². The van der Waals surface area contributed by atoms with E-state index in [4.69, 9.17) is 4.74 Å². The molecule has 1 amide bonds. The second-order valence-electron chi connectivity index (χ2n) is 7.52. The summed E-state index contributed by atoms with van der Waals surface area (Å²) in [5.41, 5.74) is 1.47. The van der Waals surface area contributed by atoms with Crippen LogP contribution in [0.25, 0.3) is 10.2 Å². The average molecular weight is 472 g/mol. The summed E-state index contributed by atoms with van der Waals surface area (Å²) < 4.78 is 44.6. The van der Waals surface area contributed by atoms with E-state index in [1.165, 1.54) is 6.07 Å². The Morgan fingerprint density at radius 2 is 1.91 bits per heavy atom. The lowest BCUT2D eigenvalue weighted by atomic mass is 10.1. The van der Waals surface area contributed by atoms with E-state index < -0.39 is 11.9 Å². The summed E-state index contributed by atoms with van der Waals surface area (Å²) in [7, 11) is 0. The Kier molecular flexibility index (Phi) is 6.33. The number of amides is 1. The Labute approximate surface area is 192 Å². The van der Waals surface area contributed by atoms with Crippen LogP contribution in [0.15, 0.2) is 60.9 Å². The van der Waals surface area contributed by atoms with Crippen molar-refractivity contribution in [2.75, 3.05) is 0 Å². The number of hydrogen-bond acceptors (Lipinski definition) is 5. The minimum absolute atomic E-state index is 0.190. The molecule has 0 spiro atoms. The second-order valence-corrected chi connectivity index (χ2v) is 8.52. The molecular formula is C24H20F3N3O2S. The third kappa shape index (κ3) is 5.14. The maximum atomic E-state index is 13.0. The van der Waals surface area contributed by atoms with Crippen molar-refractivity contribution in [1.29, 1.82) is 0 Å². The van der Waals surface area contributed by atoms with Crippen LogP contribution in [0, 0.1) is 6.92 Å². The fourth-order valence-electron chi connectivity index (χ4n) is 3.32. The predicted octanol–water partition coefficient (Wildman–Crippen LogP) is 6.09. The summed E-state index contributed by atoms with van der Waals surface area (Å²) in [5, 5.41) is 3.45. The van der Waals surface area contributed by atoms with Crippen LogP contribution in [0.3, 0.4) is 0 Å². The van der Waals surface area contributed by atoms with Crippen LogP contribution in [-0.4, -0.2) is 15.9 Å². The Balaban J connectivity index is 1.43. The highest BCUT2D eigenvalue weighted by atomic mass is 32.1. The highest BCUT2D eigenvalue weighted by Gasteiger charge is 2.33. The lowest BCUT2D eigenvalue weighted by Gasteiger charge is -2.15. The number of nitrogens with one attached hydrogen (secondary N) is 1. The molecule has 0 aliphatic heterocycles. The van der Waals surface area contributed by atoms with Crippen LogP contribution < -0.4 is 10.1 Å². The second kappa shape index (κ2) is 9.19. The summed E-state index contributed by atoms with van der Waals surface area (Å²) in [5.74, 6) is 0.335. The fourth-order valence-corrected chi connectivity index (χ4v) is 4.41. The lowest BCUT2D eigenvalue weighted by Crippen LogP contribution is -2.26. The topological polar surface area (TPSA) is 64.1 Å². The van der Waals surface area contributed by atoms with Crippen LogP contribution >= 0.6 is 11.3 Å². The van der Waals surface area contributed by atoms with Gasteiger partial charge in [-0.3, -0.25) is 9.78 Å². The molecule has 1 aromatic carbocycles. The number of nitrogens with zero attached hydrogens (tertiary/aromatic N) is 2. The van der Waals surface area contributed by atoms with Crippen molar-refractivity contribution >= 4 is 27.5 Å². The zero-order chi connectivity index (χ0) is 23.6. The first kappa shape index (κ1) is 22.7. The van der Waals surface area contributed by atoms with Gasteiger partial charge in [-0.1, -0.05) is 18.2 Å². The normalized spacial score (nSPS) is 12.5. The van der Waals surface area contributed by atoms with E-state index in [0.717, 1.165) is 28.5 Å². The largest absolute Gasteiger partial charge is 0.489 e. The fraction of sp³-hybridized carbons (Fsp3) is 0.208. The molecule has 3 heterocycles. The molecular weight excluding hydrogens is 451 g/mol.